The van der Waals surface area contributed by atoms with Crippen molar-refractivity contribution in [3.63, 3.8) is 0 Å². The van der Waals surface area contributed by atoms with Gasteiger partial charge >= 0.3 is 0 Å². The molecule has 3 rings (SSSR count). The molecule has 0 saturated carbocycles. The molecule has 0 amide bonds. The Labute approximate surface area is 117 Å². The third-order valence-corrected chi connectivity index (χ3v) is 4.87. The monoisotopic (exact) mass is 275 g/mol. The molecule has 0 saturated heterocycles. The predicted molar refractivity (Wildman–Crippen MR) is 77.9 cm³/mol. The van der Waals surface area contributed by atoms with Crippen molar-refractivity contribution < 1.29 is 4.39 Å². The SMILES string of the molecule is C[C@H](NC1CCCc2sccc21)c1ccc(F)cc1. The molecule has 0 spiro atoms. The van der Waals surface area contributed by atoms with Crippen molar-refractivity contribution >= 4 is 11.3 Å². The molecule has 3 heteroatoms. The first-order valence-electron chi connectivity index (χ1n) is 6.82. The van der Waals surface area contributed by atoms with Crippen LogP contribution in [0.2, 0.25) is 0 Å². The summed E-state index contributed by atoms with van der Waals surface area (Å²) in [7, 11) is 0. The van der Waals surface area contributed by atoms with Gasteiger partial charge in [-0.05, 0) is 60.9 Å². The van der Waals surface area contributed by atoms with E-state index >= 15 is 0 Å². The Bertz CT molecular complexity index is 546. The Balaban J connectivity index is 1.74. The van der Waals surface area contributed by atoms with Gasteiger partial charge in [0.25, 0.3) is 0 Å². The fourth-order valence-electron chi connectivity index (χ4n) is 2.81. The minimum absolute atomic E-state index is 0.172. The predicted octanol–water partition coefficient (Wildman–Crippen LogP) is 4.62. The van der Waals surface area contributed by atoms with Gasteiger partial charge in [0.15, 0.2) is 0 Å². The van der Waals surface area contributed by atoms with E-state index in [1.54, 1.807) is 0 Å². The van der Waals surface area contributed by atoms with Crippen LogP contribution < -0.4 is 5.32 Å². The van der Waals surface area contributed by atoms with Gasteiger partial charge in [0.1, 0.15) is 5.82 Å². The summed E-state index contributed by atoms with van der Waals surface area (Å²) in [5.74, 6) is -0.172. The molecule has 0 bridgehead atoms. The first kappa shape index (κ1) is 12.8. The molecule has 1 N–H and O–H groups in total. The Morgan fingerprint density at radius 2 is 2.05 bits per heavy atom. The number of hydrogen-bond acceptors (Lipinski definition) is 2. The van der Waals surface area contributed by atoms with Crippen molar-refractivity contribution in [3.05, 3.63) is 57.5 Å². The lowest BCUT2D eigenvalue weighted by Gasteiger charge is -2.27. The molecule has 1 aliphatic carbocycles. The molecule has 0 aliphatic heterocycles. The van der Waals surface area contributed by atoms with Gasteiger partial charge in [-0.25, -0.2) is 4.39 Å². The van der Waals surface area contributed by atoms with E-state index in [4.69, 9.17) is 0 Å². The number of halogens is 1. The first-order chi connectivity index (χ1) is 9.24. The summed E-state index contributed by atoms with van der Waals surface area (Å²) >= 11 is 1.86. The van der Waals surface area contributed by atoms with Crippen LogP contribution in [0.3, 0.4) is 0 Å². The molecule has 1 nitrogen and oxygen atoms in total. The van der Waals surface area contributed by atoms with Crippen LogP contribution in [0.1, 0.15) is 47.9 Å². The van der Waals surface area contributed by atoms with Crippen LogP contribution >= 0.6 is 11.3 Å². The van der Waals surface area contributed by atoms with Crippen LogP contribution in [0.25, 0.3) is 0 Å². The second kappa shape index (κ2) is 5.43. The Hall–Kier alpha value is -1.19. The summed E-state index contributed by atoms with van der Waals surface area (Å²) in [5, 5.41) is 5.87. The molecular weight excluding hydrogens is 257 g/mol. The van der Waals surface area contributed by atoms with E-state index in [1.165, 1.54) is 41.8 Å². The van der Waals surface area contributed by atoms with Crippen LogP contribution in [-0.4, -0.2) is 0 Å². The lowest BCUT2D eigenvalue weighted by Crippen LogP contribution is -2.27. The van der Waals surface area contributed by atoms with Gasteiger partial charge < -0.3 is 5.32 Å². The molecule has 1 aromatic heterocycles. The average Bonchev–Trinajstić information content (AvgIpc) is 2.89. The second-order valence-electron chi connectivity index (χ2n) is 5.18. The highest BCUT2D eigenvalue weighted by Crippen LogP contribution is 2.34. The molecule has 1 aromatic carbocycles. The zero-order valence-electron chi connectivity index (χ0n) is 11.0. The molecule has 19 heavy (non-hydrogen) atoms. The second-order valence-corrected chi connectivity index (χ2v) is 6.18. The molecular formula is C16H18FNS. The number of aryl methyl sites for hydroxylation is 1. The lowest BCUT2D eigenvalue weighted by atomic mass is 9.93. The smallest absolute Gasteiger partial charge is 0.123 e. The number of nitrogens with one attached hydrogen (secondary N) is 1. The van der Waals surface area contributed by atoms with Crippen LogP contribution in [0.5, 0.6) is 0 Å². The van der Waals surface area contributed by atoms with Crippen LogP contribution in [0, 0.1) is 5.82 Å². The van der Waals surface area contributed by atoms with Crippen LogP contribution in [0.4, 0.5) is 4.39 Å². The van der Waals surface area contributed by atoms with E-state index in [9.17, 15) is 4.39 Å². The molecule has 100 valence electrons. The van der Waals surface area contributed by atoms with E-state index in [0.29, 0.717) is 6.04 Å². The zero-order chi connectivity index (χ0) is 13.2. The van der Waals surface area contributed by atoms with Crippen molar-refractivity contribution in [3.8, 4) is 0 Å². The fourth-order valence-corrected chi connectivity index (χ4v) is 3.80. The maximum Gasteiger partial charge on any atom is 0.123 e. The lowest BCUT2D eigenvalue weighted by molar-refractivity contribution is 0.418. The number of rotatable bonds is 3. The summed E-state index contributed by atoms with van der Waals surface area (Å²) in [5.41, 5.74) is 2.61. The maximum absolute atomic E-state index is 12.9. The Kier molecular flexibility index (Phi) is 3.67. The highest BCUT2D eigenvalue weighted by molar-refractivity contribution is 7.10. The molecule has 0 fully saturated rings. The van der Waals surface area contributed by atoms with Gasteiger partial charge in [-0.1, -0.05) is 12.1 Å². The molecule has 1 heterocycles. The molecule has 1 unspecified atom stereocenters. The molecule has 2 aromatic rings. The number of fused-ring (bicyclic) bond motifs is 1. The van der Waals surface area contributed by atoms with Crippen molar-refractivity contribution in [2.45, 2.75) is 38.3 Å². The first-order valence-corrected chi connectivity index (χ1v) is 7.70. The standard InChI is InChI=1S/C16H18FNS/c1-11(12-5-7-13(17)8-6-12)18-15-3-2-4-16-14(15)9-10-19-16/h5-11,15,18H,2-4H2,1H3/t11-,15?/m0/s1. The van der Waals surface area contributed by atoms with Crippen LogP contribution in [0.15, 0.2) is 35.7 Å². The van der Waals surface area contributed by atoms with Crippen molar-refractivity contribution in [2.24, 2.45) is 0 Å². The summed E-state index contributed by atoms with van der Waals surface area (Å²) < 4.78 is 12.9. The van der Waals surface area contributed by atoms with Crippen molar-refractivity contribution in [2.75, 3.05) is 0 Å². The maximum atomic E-state index is 12.9. The van der Waals surface area contributed by atoms with Gasteiger partial charge in [0.05, 0.1) is 0 Å². The minimum atomic E-state index is -0.172. The number of hydrogen-bond donors (Lipinski definition) is 1. The van der Waals surface area contributed by atoms with E-state index < -0.39 is 0 Å². The van der Waals surface area contributed by atoms with Gasteiger partial charge in [-0.3, -0.25) is 0 Å². The van der Waals surface area contributed by atoms with Crippen molar-refractivity contribution in [1.29, 1.82) is 0 Å². The fraction of sp³-hybridized carbons (Fsp3) is 0.375. The zero-order valence-corrected chi connectivity index (χ0v) is 11.8. The molecule has 2 atom stereocenters. The Morgan fingerprint density at radius 1 is 1.26 bits per heavy atom. The quantitative estimate of drug-likeness (QED) is 0.862. The van der Waals surface area contributed by atoms with Gasteiger partial charge in [0, 0.05) is 17.0 Å². The summed E-state index contributed by atoms with van der Waals surface area (Å²) in [4.78, 5) is 1.52. The average molecular weight is 275 g/mol. The largest absolute Gasteiger partial charge is 0.303 e. The van der Waals surface area contributed by atoms with E-state index in [0.717, 1.165) is 5.56 Å². The molecule has 1 aliphatic rings. The highest BCUT2D eigenvalue weighted by atomic mass is 32.1. The van der Waals surface area contributed by atoms with Gasteiger partial charge in [-0.2, -0.15) is 0 Å². The summed E-state index contributed by atoms with van der Waals surface area (Å²) in [6, 6.07) is 9.73. The topological polar surface area (TPSA) is 12.0 Å². The van der Waals surface area contributed by atoms with E-state index in [2.05, 4.69) is 23.7 Å². The van der Waals surface area contributed by atoms with Crippen molar-refractivity contribution in [1.82, 2.24) is 5.32 Å². The third-order valence-electron chi connectivity index (χ3n) is 3.87. The molecule has 0 radical (unpaired) electrons. The number of thiophene rings is 1. The Morgan fingerprint density at radius 3 is 2.84 bits per heavy atom. The normalized spacial score (nSPS) is 20.0. The minimum Gasteiger partial charge on any atom is -0.303 e. The van der Waals surface area contributed by atoms with E-state index in [1.807, 2.05) is 23.5 Å². The van der Waals surface area contributed by atoms with E-state index in [-0.39, 0.29) is 11.9 Å². The summed E-state index contributed by atoms with van der Waals surface area (Å²) in [6.45, 7) is 2.15. The number of benzene rings is 1. The summed E-state index contributed by atoms with van der Waals surface area (Å²) in [6.07, 6.45) is 3.66. The van der Waals surface area contributed by atoms with Gasteiger partial charge in [-0.15, -0.1) is 11.3 Å². The third kappa shape index (κ3) is 2.72. The highest BCUT2D eigenvalue weighted by Gasteiger charge is 2.22. The van der Waals surface area contributed by atoms with Gasteiger partial charge in [0.2, 0.25) is 0 Å². The van der Waals surface area contributed by atoms with Crippen LogP contribution in [-0.2, 0) is 6.42 Å².